The molecule has 100 valence electrons. The molecular formula is C15H16ClNS2. The fourth-order valence-electron chi connectivity index (χ4n) is 2.54. The van der Waals surface area contributed by atoms with Crippen molar-refractivity contribution in [3.63, 3.8) is 0 Å². The van der Waals surface area contributed by atoms with Crippen molar-refractivity contribution < 1.29 is 0 Å². The third-order valence-electron chi connectivity index (χ3n) is 3.56. The Labute approximate surface area is 128 Å². The molecular weight excluding hydrogens is 294 g/mol. The van der Waals surface area contributed by atoms with Crippen LogP contribution in [0.5, 0.6) is 0 Å². The van der Waals surface area contributed by atoms with Crippen LogP contribution < -0.4 is 0 Å². The van der Waals surface area contributed by atoms with Gasteiger partial charge in [0.25, 0.3) is 0 Å². The molecule has 1 aromatic rings. The van der Waals surface area contributed by atoms with Crippen LogP contribution in [0.2, 0.25) is 0 Å². The van der Waals surface area contributed by atoms with E-state index in [0.29, 0.717) is 0 Å². The second kappa shape index (κ2) is 5.47. The largest absolute Gasteiger partial charge is 0.319 e. The third-order valence-corrected chi connectivity index (χ3v) is 5.80. The van der Waals surface area contributed by atoms with Crippen LogP contribution in [0.15, 0.2) is 51.4 Å². The predicted molar refractivity (Wildman–Crippen MR) is 85.8 cm³/mol. The van der Waals surface area contributed by atoms with E-state index >= 15 is 0 Å². The summed E-state index contributed by atoms with van der Waals surface area (Å²) in [5.41, 5.74) is 3.86. The van der Waals surface area contributed by atoms with Crippen molar-refractivity contribution in [2.45, 2.75) is 28.0 Å². The number of nitrogens with zero attached hydrogens (tertiary/aromatic N) is 1. The van der Waals surface area contributed by atoms with Gasteiger partial charge in [-0.05, 0) is 54.3 Å². The summed E-state index contributed by atoms with van der Waals surface area (Å²) in [5.74, 6) is 0. The lowest BCUT2D eigenvalue weighted by atomic mass is 9.96. The number of benzene rings is 1. The van der Waals surface area contributed by atoms with Crippen LogP contribution in [0.25, 0.3) is 0 Å². The van der Waals surface area contributed by atoms with Crippen molar-refractivity contribution in [3.8, 4) is 0 Å². The summed E-state index contributed by atoms with van der Waals surface area (Å²) >= 11 is 10.3. The van der Waals surface area contributed by atoms with Crippen molar-refractivity contribution in [2.75, 3.05) is 13.3 Å². The van der Waals surface area contributed by atoms with Crippen molar-refractivity contribution in [1.82, 2.24) is 4.31 Å². The van der Waals surface area contributed by atoms with Gasteiger partial charge in [0.15, 0.2) is 0 Å². The average molecular weight is 310 g/mol. The molecule has 0 fully saturated rings. The summed E-state index contributed by atoms with van der Waals surface area (Å²) in [6.07, 6.45) is 8.73. The van der Waals surface area contributed by atoms with Gasteiger partial charge in [0.1, 0.15) is 0 Å². The molecule has 0 amide bonds. The summed E-state index contributed by atoms with van der Waals surface area (Å²) in [6, 6.07) is 6.59. The molecule has 1 atom stereocenters. The molecule has 0 radical (unpaired) electrons. The molecule has 1 aliphatic carbocycles. The molecule has 1 nitrogen and oxygen atoms in total. The molecule has 4 heteroatoms. The van der Waals surface area contributed by atoms with Crippen LogP contribution in [0.1, 0.15) is 23.8 Å². The lowest BCUT2D eigenvalue weighted by Gasteiger charge is -2.23. The SMILES string of the molecule is CSc1ccc2c(c1)SN(C)C1=C(C=CCC1)C2Cl. The fourth-order valence-corrected chi connectivity index (χ4v) is 4.58. The van der Waals surface area contributed by atoms with Gasteiger partial charge in [-0.3, -0.25) is 0 Å². The minimum absolute atomic E-state index is 0.0325. The van der Waals surface area contributed by atoms with E-state index in [-0.39, 0.29) is 5.38 Å². The maximum absolute atomic E-state index is 6.73. The summed E-state index contributed by atoms with van der Waals surface area (Å²) in [6.45, 7) is 0. The molecule has 1 aromatic carbocycles. The fraction of sp³-hybridized carbons (Fsp3) is 0.333. The molecule has 0 saturated heterocycles. The Morgan fingerprint density at radius 2 is 2.26 bits per heavy atom. The second-order valence-corrected chi connectivity index (χ2v) is 7.18. The second-order valence-electron chi connectivity index (χ2n) is 4.70. The average Bonchev–Trinajstić information content (AvgIpc) is 2.55. The number of allylic oxidation sites excluding steroid dienone is 4. The molecule has 3 rings (SSSR count). The number of halogens is 1. The maximum atomic E-state index is 6.73. The van der Waals surface area contributed by atoms with Gasteiger partial charge < -0.3 is 4.31 Å². The highest BCUT2D eigenvalue weighted by Gasteiger charge is 2.27. The third kappa shape index (κ3) is 2.44. The summed E-state index contributed by atoms with van der Waals surface area (Å²) < 4.78 is 2.28. The van der Waals surface area contributed by atoms with E-state index in [9.17, 15) is 0 Å². The minimum Gasteiger partial charge on any atom is -0.319 e. The molecule has 0 N–H and O–H groups in total. The maximum Gasteiger partial charge on any atom is 0.0863 e. The zero-order valence-corrected chi connectivity index (χ0v) is 13.4. The van der Waals surface area contributed by atoms with Gasteiger partial charge in [0.05, 0.1) is 5.38 Å². The number of alkyl halides is 1. The van der Waals surface area contributed by atoms with E-state index in [1.807, 2.05) is 0 Å². The molecule has 0 bridgehead atoms. The molecule has 2 aliphatic rings. The van der Waals surface area contributed by atoms with E-state index in [0.717, 1.165) is 12.8 Å². The van der Waals surface area contributed by atoms with Crippen LogP contribution in [0, 0.1) is 0 Å². The number of hydrogen-bond acceptors (Lipinski definition) is 3. The lowest BCUT2D eigenvalue weighted by molar-refractivity contribution is 0.636. The monoisotopic (exact) mass is 309 g/mol. The molecule has 0 spiro atoms. The first kappa shape index (κ1) is 13.5. The Morgan fingerprint density at radius 3 is 3.05 bits per heavy atom. The zero-order valence-electron chi connectivity index (χ0n) is 11.0. The molecule has 1 aliphatic heterocycles. The first-order valence-corrected chi connectivity index (χ1v) is 8.77. The number of thioether (sulfide) groups is 1. The van der Waals surface area contributed by atoms with E-state index in [4.69, 9.17) is 11.6 Å². The first-order chi connectivity index (χ1) is 9.20. The number of rotatable bonds is 1. The van der Waals surface area contributed by atoms with Crippen molar-refractivity contribution in [1.29, 1.82) is 0 Å². The normalized spacial score (nSPS) is 22.1. The van der Waals surface area contributed by atoms with Crippen LogP contribution in [-0.4, -0.2) is 17.6 Å². The van der Waals surface area contributed by atoms with Crippen molar-refractivity contribution >= 4 is 35.3 Å². The van der Waals surface area contributed by atoms with Crippen molar-refractivity contribution in [3.05, 3.63) is 47.2 Å². The minimum atomic E-state index is -0.0325. The lowest BCUT2D eigenvalue weighted by Crippen LogP contribution is -2.12. The molecule has 0 aromatic heterocycles. The highest BCUT2D eigenvalue weighted by atomic mass is 35.5. The topological polar surface area (TPSA) is 3.24 Å². The molecule has 0 saturated carbocycles. The van der Waals surface area contributed by atoms with E-state index in [1.165, 1.54) is 26.6 Å². The summed E-state index contributed by atoms with van der Waals surface area (Å²) in [5, 5.41) is -0.0325. The van der Waals surface area contributed by atoms with Crippen LogP contribution in [-0.2, 0) is 0 Å². The van der Waals surface area contributed by atoms with Gasteiger partial charge in [0.2, 0.25) is 0 Å². The summed E-state index contributed by atoms with van der Waals surface area (Å²) in [7, 11) is 2.14. The Hall–Kier alpha value is -0.510. The van der Waals surface area contributed by atoms with Gasteiger partial charge in [-0.25, -0.2) is 0 Å². The smallest absolute Gasteiger partial charge is 0.0863 e. The molecule has 1 heterocycles. The Bertz CT molecular complexity index is 565. The predicted octanol–water partition coefficient (Wildman–Crippen LogP) is 5.25. The van der Waals surface area contributed by atoms with Crippen LogP contribution >= 0.6 is 35.3 Å². The Kier molecular flexibility index (Phi) is 3.88. The van der Waals surface area contributed by atoms with Gasteiger partial charge in [-0.1, -0.05) is 18.2 Å². The van der Waals surface area contributed by atoms with E-state index in [2.05, 4.69) is 48.0 Å². The van der Waals surface area contributed by atoms with Gasteiger partial charge >= 0.3 is 0 Å². The van der Waals surface area contributed by atoms with Gasteiger partial charge in [-0.15, -0.1) is 23.4 Å². The first-order valence-electron chi connectivity index (χ1n) is 6.34. The highest BCUT2D eigenvalue weighted by Crippen LogP contribution is 2.46. The standard InChI is InChI=1S/C15H16ClNS2/c1-17-13-6-4-3-5-11(13)15(16)12-8-7-10(18-2)9-14(12)19-17/h3,5,7-9,15H,4,6H2,1-2H3. The van der Waals surface area contributed by atoms with Crippen molar-refractivity contribution in [2.24, 2.45) is 0 Å². The van der Waals surface area contributed by atoms with E-state index < -0.39 is 0 Å². The molecule has 1 unspecified atom stereocenters. The zero-order chi connectivity index (χ0) is 13.4. The van der Waals surface area contributed by atoms with Crippen LogP contribution in [0.3, 0.4) is 0 Å². The van der Waals surface area contributed by atoms with E-state index in [1.54, 1.807) is 23.7 Å². The number of hydrogen-bond donors (Lipinski definition) is 0. The number of fused-ring (bicyclic) bond motifs is 1. The highest BCUT2D eigenvalue weighted by molar-refractivity contribution is 7.99. The molecule has 19 heavy (non-hydrogen) atoms. The quantitative estimate of drug-likeness (QED) is 0.396. The summed E-state index contributed by atoms with van der Waals surface area (Å²) in [4.78, 5) is 2.57. The van der Waals surface area contributed by atoms with Gasteiger partial charge in [-0.2, -0.15) is 0 Å². The van der Waals surface area contributed by atoms with Gasteiger partial charge in [0, 0.05) is 22.5 Å². The Balaban J connectivity index is 2.10. The van der Waals surface area contributed by atoms with Crippen LogP contribution in [0.4, 0.5) is 0 Å². The Morgan fingerprint density at radius 1 is 1.42 bits per heavy atom.